The molecular formula is C12H17BrCl2F2N2. The fraction of sp³-hybridized carbons (Fsp3) is 0.500. The molecule has 2 rings (SSSR count). The SMILES string of the molecule is Cl.Cl.FC[C@@H](c1c(F)cccc1Br)N1CCNCC1. The lowest BCUT2D eigenvalue weighted by molar-refractivity contribution is 0.144. The number of hydrogen-bond acceptors (Lipinski definition) is 2. The number of nitrogens with zero attached hydrogens (tertiary/aromatic N) is 1. The van der Waals surface area contributed by atoms with Crippen molar-refractivity contribution in [2.45, 2.75) is 6.04 Å². The maximum Gasteiger partial charge on any atom is 0.129 e. The Bertz CT molecular complexity index is 370. The van der Waals surface area contributed by atoms with E-state index in [9.17, 15) is 8.78 Å². The average molecular weight is 378 g/mol. The molecule has 1 atom stereocenters. The number of halogens is 5. The molecule has 0 radical (unpaired) electrons. The Kier molecular flexibility index (Phi) is 9.11. The summed E-state index contributed by atoms with van der Waals surface area (Å²) < 4.78 is 27.7. The van der Waals surface area contributed by atoms with Crippen molar-refractivity contribution in [2.75, 3.05) is 32.9 Å². The topological polar surface area (TPSA) is 15.3 Å². The maximum absolute atomic E-state index is 13.8. The van der Waals surface area contributed by atoms with Crippen LogP contribution >= 0.6 is 40.7 Å². The van der Waals surface area contributed by atoms with Crippen LogP contribution in [-0.4, -0.2) is 37.8 Å². The monoisotopic (exact) mass is 376 g/mol. The van der Waals surface area contributed by atoms with Gasteiger partial charge in [-0.2, -0.15) is 0 Å². The highest BCUT2D eigenvalue weighted by atomic mass is 79.9. The van der Waals surface area contributed by atoms with Crippen LogP contribution in [0.5, 0.6) is 0 Å². The van der Waals surface area contributed by atoms with Crippen LogP contribution in [0, 0.1) is 5.82 Å². The van der Waals surface area contributed by atoms with Crippen LogP contribution in [0.25, 0.3) is 0 Å². The fourth-order valence-electron chi connectivity index (χ4n) is 2.18. The third-order valence-corrected chi connectivity index (χ3v) is 3.76. The summed E-state index contributed by atoms with van der Waals surface area (Å²) in [6, 6.07) is 4.26. The van der Waals surface area contributed by atoms with Crippen LogP contribution < -0.4 is 5.32 Å². The fourth-order valence-corrected chi connectivity index (χ4v) is 2.79. The molecule has 0 aliphatic carbocycles. The maximum atomic E-state index is 13.8. The molecule has 1 aliphatic heterocycles. The molecule has 0 spiro atoms. The number of piperazine rings is 1. The van der Waals surface area contributed by atoms with E-state index in [2.05, 4.69) is 21.2 Å². The molecule has 19 heavy (non-hydrogen) atoms. The molecule has 0 unspecified atom stereocenters. The summed E-state index contributed by atoms with van der Waals surface area (Å²) in [6.45, 7) is 2.56. The van der Waals surface area contributed by atoms with Crippen LogP contribution in [0.15, 0.2) is 22.7 Å². The summed E-state index contributed by atoms with van der Waals surface area (Å²) >= 11 is 3.31. The van der Waals surface area contributed by atoms with E-state index in [1.54, 1.807) is 12.1 Å². The molecule has 0 saturated carbocycles. The van der Waals surface area contributed by atoms with E-state index in [4.69, 9.17) is 0 Å². The molecule has 1 N–H and O–H groups in total. The van der Waals surface area contributed by atoms with Gasteiger partial charge in [-0.25, -0.2) is 8.78 Å². The average Bonchev–Trinajstić information content (AvgIpc) is 2.35. The Morgan fingerprint density at radius 2 is 1.89 bits per heavy atom. The van der Waals surface area contributed by atoms with E-state index in [0.717, 1.165) is 26.2 Å². The quantitative estimate of drug-likeness (QED) is 0.868. The van der Waals surface area contributed by atoms with Gasteiger partial charge in [0.15, 0.2) is 0 Å². The molecule has 1 heterocycles. The summed E-state index contributed by atoms with van der Waals surface area (Å²) in [5, 5.41) is 3.20. The van der Waals surface area contributed by atoms with E-state index < -0.39 is 12.7 Å². The predicted molar refractivity (Wildman–Crippen MR) is 81.8 cm³/mol. The first-order chi connectivity index (χ1) is 8.24. The van der Waals surface area contributed by atoms with E-state index in [1.807, 2.05) is 4.90 Å². The molecule has 7 heteroatoms. The van der Waals surface area contributed by atoms with Crippen LogP contribution in [0.3, 0.4) is 0 Å². The van der Waals surface area contributed by atoms with E-state index in [-0.39, 0.29) is 30.6 Å². The Labute approximate surface area is 132 Å². The molecule has 1 aromatic carbocycles. The van der Waals surface area contributed by atoms with Crippen molar-refractivity contribution in [3.8, 4) is 0 Å². The van der Waals surface area contributed by atoms with Crippen molar-refractivity contribution < 1.29 is 8.78 Å². The normalized spacial score (nSPS) is 17.2. The Morgan fingerprint density at radius 1 is 1.26 bits per heavy atom. The van der Waals surface area contributed by atoms with E-state index >= 15 is 0 Å². The highest BCUT2D eigenvalue weighted by molar-refractivity contribution is 9.10. The van der Waals surface area contributed by atoms with Gasteiger partial charge in [-0.15, -0.1) is 24.8 Å². The molecule has 110 valence electrons. The van der Waals surface area contributed by atoms with Crippen LogP contribution in [-0.2, 0) is 0 Å². The lowest BCUT2D eigenvalue weighted by atomic mass is 10.0. The van der Waals surface area contributed by atoms with Gasteiger partial charge in [0.25, 0.3) is 0 Å². The standard InChI is InChI=1S/C12H15BrF2N2.2ClH/c13-9-2-1-3-10(15)12(9)11(8-14)17-6-4-16-5-7-17;;/h1-3,11,16H,4-8H2;2*1H/t11-;;/m0../s1. The summed E-state index contributed by atoms with van der Waals surface area (Å²) in [5.41, 5.74) is 0.428. The number of nitrogens with one attached hydrogen (secondary N) is 1. The number of alkyl halides is 1. The van der Waals surface area contributed by atoms with Crippen LogP contribution in [0.1, 0.15) is 11.6 Å². The van der Waals surface area contributed by atoms with E-state index in [0.29, 0.717) is 10.0 Å². The summed E-state index contributed by atoms with van der Waals surface area (Å²) in [6.07, 6.45) is 0. The first-order valence-corrected chi connectivity index (χ1v) is 6.48. The van der Waals surface area contributed by atoms with Crippen LogP contribution in [0.2, 0.25) is 0 Å². The van der Waals surface area contributed by atoms with Gasteiger partial charge in [0, 0.05) is 36.2 Å². The van der Waals surface area contributed by atoms with Crippen molar-refractivity contribution in [3.63, 3.8) is 0 Å². The molecule has 2 nitrogen and oxygen atoms in total. The first kappa shape index (κ1) is 19.1. The Morgan fingerprint density at radius 3 is 2.42 bits per heavy atom. The van der Waals surface area contributed by atoms with Crippen molar-refractivity contribution in [3.05, 3.63) is 34.1 Å². The lowest BCUT2D eigenvalue weighted by Crippen LogP contribution is -2.46. The second-order valence-corrected chi connectivity index (χ2v) is 4.95. The number of benzene rings is 1. The van der Waals surface area contributed by atoms with Crippen molar-refractivity contribution in [2.24, 2.45) is 0 Å². The van der Waals surface area contributed by atoms with Gasteiger partial charge in [0.2, 0.25) is 0 Å². The molecule has 1 saturated heterocycles. The smallest absolute Gasteiger partial charge is 0.129 e. The van der Waals surface area contributed by atoms with Gasteiger partial charge >= 0.3 is 0 Å². The molecule has 0 amide bonds. The zero-order valence-corrected chi connectivity index (χ0v) is 13.5. The molecule has 1 fully saturated rings. The van der Waals surface area contributed by atoms with Crippen molar-refractivity contribution in [1.29, 1.82) is 0 Å². The number of rotatable bonds is 3. The summed E-state index contributed by atoms with van der Waals surface area (Å²) in [4.78, 5) is 1.99. The zero-order valence-electron chi connectivity index (χ0n) is 10.2. The molecule has 0 bridgehead atoms. The van der Waals surface area contributed by atoms with Crippen LogP contribution in [0.4, 0.5) is 8.78 Å². The minimum Gasteiger partial charge on any atom is -0.314 e. The zero-order chi connectivity index (χ0) is 12.3. The van der Waals surface area contributed by atoms with Gasteiger partial charge < -0.3 is 5.32 Å². The highest BCUT2D eigenvalue weighted by Gasteiger charge is 2.26. The van der Waals surface area contributed by atoms with Gasteiger partial charge in [0.1, 0.15) is 12.5 Å². The van der Waals surface area contributed by atoms with Gasteiger partial charge in [-0.3, -0.25) is 4.90 Å². The minimum absolute atomic E-state index is 0. The highest BCUT2D eigenvalue weighted by Crippen LogP contribution is 2.30. The first-order valence-electron chi connectivity index (χ1n) is 5.68. The van der Waals surface area contributed by atoms with Crippen molar-refractivity contribution in [1.82, 2.24) is 10.2 Å². The largest absolute Gasteiger partial charge is 0.314 e. The van der Waals surface area contributed by atoms with Gasteiger partial charge in [-0.05, 0) is 12.1 Å². The Hall–Kier alpha value is 0.0600. The lowest BCUT2D eigenvalue weighted by Gasteiger charge is -2.34. The summed E-state index contributed by atoms with van der Waals surface area (Å²) in [7, 11) is 0. The van der Waals surface area contributed by atoms with E-state index in [1.165, 1.54) is 6.07 Å². The second-order valence-electron chi connectivity index (χ2n) is 4.09. The third kappa shape index (κ3) is 4.53. The molecule has 1 aliphatic rings. The van der Waals surface area contributed by atoms with Gasteiger partial charge in [-0.1, -0.05) is 22.0 Å². The molecular weight excluding hydrogens is 361 g/mol. The summed E-state index contributed by atoms with van der Waals surface area (Å²) in [5.74, 6) is -0.347. The van der Waals surface area contributed by atoms with Gasteiger partial charge in [0.05, 0.1) is 6.04 Å². The third-order valence-electron chi connectivity index (χ3n) is 3.07. The Balaban J connectivity index is 0.00000162. The second kappa shape index (κ2) is 9.08. The predicted octanol–water partition coefficient (Wildman–Crippen LogP) is 3.35. The molecule has 0 aromatic heterocycles. The number of hydrogen-bond donors (Lipinski definition) is 1. The molecule has 1 aromatic rings. The van der Waals surface area contributed by atoms with Crippen molar-refractivity contribution >= 4 is 40.7 Å². The minimum atomic E-state index is -0.570.